The molecule has 4 nitrogen and oxygen atoms in total. The van der Waals surface area contributed by atoms with Crippen molar-refractivity contribution in [1.29, 1.82) is 0 Å². The van der Waals surface area contributed by atoms with Gasteiger partial charge in [0.2, 0.25) is 0 Å². The standard InChI is InChI=1S/C19H23N3O/c1-15-9-11-16(12-10-15)20-19(23)17-7-6-8-18(21-17)22-13-4-2-3-5-14-22/h6-12H,2-5,13-14H2,1H3,(H,20,23). The number of anilines is 2. The van der Waals surface area contributed by atoms with Crippen molar-refractivity contribution in [2.75, 3.05) is 23.3 Å². The number of carbonyl (C=O) groups is 1. The molecule has 1 fully saturated rings. The summed E-state index contributed by atoms with van der Waals surface area (Å²) in [6.07, 6.45) is 4.96. The Morgan fingerprint density at radius 3 is 2.39 bits per heavy atom. The van der Waals surface area contributed by atoms with E-state index in [0.29, 0.717) is 5.69 Å². The van der Waals surface area contributed by atoms with E-state index in [-0.39, 0.29) is 5.91 Å². The molecule has 1 saturated heterocycles. The molecule has 1 aromatic heterocycles. The third-order valence-electron chi connectivity index (χ3n) is 4.21. The van der Waals surface area contributed by atoms with Crippen LogP contribution in [-0.4, -0.2) is 24.0 Å². The summed E-state index contributed by atoms with van der Waals surface area (Å²) in [5, 5.41) is 2.91. The third-order valence-corrected chi connectivity index (χ3v) is 4.21. The molecule has 0 spiro atoms. The molecule has 0 atom stereocenters. The lowest BCUT2D eigenvalue weighted by molar-refractivity contribution is 0.102. The van der Waals surface area contributed by atoms with Crippen molar-refractivity contribution in [2.45, 2.75) is 32.6 Å². The summed E-state index contributed by atoms with van der Waals surface area (Å²) in [6, 6.07) is 13.5. The molecule has 4 heteroatoms. The van der Waals surface area contributed by atoms with Gasteiger partial charge in [-0.2, -0.15) is 0 Å². The lowest BCUT2D eigenvalue weighted by Crippen LogP contribution is -2.26. The predicted molar refractivity (Wildman–Crippen MR) is 94.1 cm³/mol. The van der Waals surface area contributed by atoms with Gasteiger partial charge in [0.1, 0.15) is 11.5 Å². The van der Waals surface area contributed by atoms with Gasteiger partial charge in [-0.1, -0.05) is 36.6 Å². The molecule has 0 unspecified atom stereocenters. The van der Waals surface area contributed by atoms with E-state index in [1.807, 2.05) is 43.3 Å². The molecule has 0 radical (unpaired) electrons. The first kappa shape index (κ1) is 15.5. The number of amides is 1. The smallest absolute Gasteiger partial charge is 0.274 e. The second kappa shape index (κ2) is 7.27. The third kappa shape index (κ3) is 4.09. The van der Waals surface area contributed by atoms with E-state index in [4.69, 9.17) is 0 Å². The van der Waals surface area contributed by atoms with Gasteiger partial charge < -0.3 is 10.2 Å². The Labute approximate surface area is 137 Å². The molecule has 2 heterocycles. The number of aryl methyl sites for hydroxylation is 1. The quantitative estimate of drug-likeness (QED) is 0.931. The summed E-state index contributed by atoms with van der Waals surface area (Å²) in [6.45, 7) is 4.07. The average molecular weight is 309 g/mol. The molecule has 0 aliphatic carbocycles. The van der Waals surface area contributed by atoms with E-state index < -0.39 is 0 Å². The maximum Gasteiger partial charge on any atom is 0.274 e. The molecule has 1 amide bonds. The van der Waals surface area contributed by atoms with Gasteiger partial charge in [-0.05, 0) is 44.0 Å². The molecule has 1 aliphatic heterocycles. The number of carbonyl (C=O) groups excluding carboxylic acids is 1. The van der Waals surface area contributed by atoms with Crippen molar-refractivity contribution in [1.82, 2.24) is 4.98 Å². The highest BCUT2D eigenvalue weighted by Crippen LogP contribution is 2.18. The van der Waals surface area contributed by atoms with Crippen LogP contribution in [0.3, 0.4) is 0 Å². The van der Waals surface area contributed by atoms with Gasteiger partial charge in [0.15, 0.2) is 0 Å². The van der Waals surface area contributed by atoms with Gasteiger partial charge in [-0.15, -0.1) is 0 Å². The average Bonchev–Trinajstić information content (AvgIpc) is 2.86. The molecule has 120 valence electrons. The Hall–Kier alpha value is -2.36. The summed E-state index contributed by atoms with van der Waals surface area (Å²) in [5.74, 6) is 0.744. The summed E-state index contributed by atoms with van der Waals surface area (Å²) < 4.78 is 0. The highest BCUT2D eigenvalue weighted by atomic mass is 16.1. The van der Waals surface area contributed by atoms with Crippen LogP contribution in [0.2, 0.25) is 0 Å². The van der Waals surface area contributed by atoms with Crippen LogP contribution in [0.4, 0.5) is 11.5 Å². The fraction of sp³-hybridized carbons (Fsp3) is 0.368. The lowest BCUT2D eigenvalue weighted by Gasteiger charge is -2.21. The normalized spacial score (nSPS) is 15.1. The van der Waals surface area contributed by atoms with Crippen LogP contribution in [0, 0.1) is 6.92 Å². The number of nitrogens with one attached hydrogen (secondary N) is 1. The maximum atomic E-state index is 12.4. The zero-order valence-corrected chi connectivity index (χ0v) is 13.6. The van der Waals surface area contributed by atoms with Crippen LogP contribution >= 0.6 is 0 Å². The van der Waals surface area contributed by atoms with Gasteiger partial charge in [-0.25, -0.2) is 4.98 Å². The second-order valence-corrected chi connectivity index (χ2v) is 6.10. The Morgan fingerprint density at radius 1 is 1.00 bits per heavy atom. The van der Waals surface area contributed by atoms with E-state index in [1.165, 1.54) is 31.2 Å². The largest absolute Gasteiger partial charge is 0.357 e. The first-order valence-electron chi connectivity index (χ1n) is 8.32. The van der Waals surface area contributed by atoms with Crippen LogP contribution in [-0.2, 0) is 0 Å². The van der Waals surface area contributed by atoms with E-state index >= 15 is 0 Å². The summed E-state index contributed by atoms with van der Waals surface area (Å²) >= 11 is 0. The zero-order chi connectivity index (χ0) is 16.1. The van der Waals surface area contributed by atoms with Crippen LogP contribution in [0.1, 0.15) is 41.7 Å². The Morgan fingerprint density at radius 2 is 1.70 bits per heavy atom. The number of rotatable bonds is 3. The Balaban J connectivity index is 1.73. The molecule has 0 bridgehead atoms. The first-order chi connectivity index (χ1) is 11.2. The Bertz CT molecular complexity index is 659. The molecule has 23 heavy (non-hydrogen) atoms. The minimum atomic E-state index is -0.162. The molecule has 1 N–H and O–H groups in total. The van der Waals surface area contributed by atoms with Gasteiger partial charge in [0.25, 0.3) is 5.91 Å². The Kier molecular flexibility index (Phi) is 4.91. The van der Waals surface area contributed by atoms with Crippen molar-refractivity contribution in [3.63, 3.8) is 0 Å². The summed E-state index contributed by atoms with van der Waals surface area (Å²) in [5.41, 5.74) is 2.43. The highest BCUT2D eigenvalue weighted by molar-refractivity contribution is 6.03. The molecule has 3 rings (SSSR count). The molecular weight excluding hydrogens is 286 g/mol. The predicted octanol–water partition coefficient (Wildman–Crippen LogP) is 4.02. The number of hydrogen-bond acceptors (Lipinski definition) is 3. The van der Waals surface area contributed by atoms with Gasteiger partial charge >= 0.3 is 0 Å². The van der Waals surface area contributed by atoms with Crippen molar-refractivity contribution in [3.05, 3.63) is 53.7 Å². The molecule has 1 aromatic carbocycles. The van der Waals surface area contributed by atoms with Crippen LogP contribution in [0.25, 0.3) is 0 Å². The van der Waals surface area contributed by atoms with Crippen molar-refractivity contribution < 1.29 is 4.79 Å². The fourth-order valence-electron chi connectivity index (χ4n) is 2.86. The monoisotopic (exact) mass is 309 g/mol. The second-order valence-electron chi connectivity index (χ2n) is 6.10. The molecule has 0 saturated carbocycles. The molecule has 2 aromatic rings. The van der Waals surface area contributed by atoms with E-state index in [2.05, 4.69) is 15.2 Å². The van der Waals surface area contributed by atoms with Gasteiger partial charge in [-0.3, -0.25) is 4.79 Å². The van der Waals surface area contributed by atoms with Crippen molar-refractivity contribution >= 4 is 17.4 Å². The highest BCUT2D eigenvalue weighted by Gasteiger charge is 2.14. The van der Waals surface area contributed by atoms with Gasteiger partial charge in [0.05, 0.1) is 0 Å². The zero-order valence-electron chi connectivity index (χ0n) is 13.6. The van der Waals surface area contributed by atoms with Gasteiger partial charge in [0, 0.05) is 18.8 Å². The maximum absolute atomic E-state index is 12.4. The number of pyridine rings is 1. The topological polar surface area (TPSA) is 45.2 Å². The van der Waals surface area contributed by atoms with E-state index in [1.54, 1.807) is 6.07 Å². The minimum absolute atomic E-state index is 0.162. The van der Waals surface area contributed by atoms with Crippen molar-refractivity contribution in [2.24, 2.45) is 0 Å². The molecule has 1 aliphatic rings. The first-order valence-corrected chi connectivity index (χ1v) is 8.32. The molecular formula is C19H23N3O. The van der Waals surface area contributed by atoms with Crippen LogP contribution < -0.4 is 10.2 Å². The number of benzene rings is 1. The van der Waals surface area contributed by atoms with E-state index in [9.17, 15) is 4.79 Å². The van der Waals surface area contributed by atoms with E-state index in [0.717, 1.165) is 24.6 Å². The van der Waals surface area contributed by atoms with Crippen molar-refractivity contribution in [3.8, 4) is 0 Å². The van der Waals surface area contributed by atoms with Crippen LogP contribution in [0.15, 0.2) is 42.5 Å². The summed E-state index contributed by atoms with van der Waals surface area (Å²) in [4.78, 5) is 19.3. The number of hydrogen-bond donors (Lipinski definition) is 1. The van der Waals surface area contributed by atoms with Crippen LogP contribution in [0.5, 0.6) is 0 Å². The summed E-state index contributed by atoms with van der Waals surface area (Å²) in [7, 11) is 0. The fourth-order valence-corrected chi connectivity index (χ4v) is 2.86. The minimum Gasteiger partial charge on any atom is -0.357 e. The SMILES string of the molecule is Cc1ccc(NC(=O)c2cccc(N3CCCCCC3)n2)cc1. The number of nitrogens with zero attached hydrogens (tertiary/aromatic N) is 2. The number of aromatic nitrogens is 1. The lowest BCUT2D eigenvalue weighted by atomic mass is 10.2.